The molecule has 4 aliphatic carbocycles. The highest BCUT2D eigenvalue weighted by atomic mass is 79.9. The Morgan fingerprint density at radius 3 is 2.00 bits per heavy atom. The number of likely N-dealkylation sites (tertiary alicyclic amines) is 2. The topological polar surface area (TPSA) is 101 Å². The predicted molar refractivity (Wildman–Crippen MR) is 177 cm³/mol. The number of ether oxygens (including phenoxy) is 5. The van der Waals surface area contributed by atoms with Crippen molar-refractivity contribution in [3.8, 4) is 0 Å². The maximum atomic E-state index is 12.7. The highest BCUT2D eigenvalue weighted by Crippen LogP contribution is 2.68. The first-order valence-corrected chi connectivity index (χ1v) is 19.1. The normalized spacial score (nSPS) is 43.0. The summed E-state index contributed by atoms with van der Waals surface area (Å²) < 4.78 is 31.2. The van der Waals surface area contributed by atoms with Crippen LogP contribution in [0.1, 0.15) is 105 Å². The molecule has 11 heteroatoms. The summed E-state index contributed by atoms with van der Waals surface area (Å²) in [4.78, 5) is 39.2. The van der Waals surface area contributed by atoms with Crippen LogP contribution in [0.2, 0.25) is 0 Å². The SMILES string of the molecule is CC(=O)OC1CCN([C@H]2C[C@@]3(C)C(CCC4C3CC[C@@]3(C)C4C[C@H]([N+]4(C)CCC5(CC4)OCCO5)[C@@H]3OC(C)=O)C[C@@H]2OC(C)=O)CC1.[Br-]. The second-order valence-electron chi connectivity index (χ2n) is 17.6. The van der Waals surface area contributed by atoms with Crippen molar-refractivity contribution in [3.05, 3.63) is 0 Å². The fraction of sp³-hybridized carbons (Fsp3) is 0.921. The van der Waals surface area contributed by atoms with E-state index in [9.17, 15) is 14.4 Å². The third kappa shape index (κ3) is 6.75. The molecule has 7 fully saturated rings. The van der Waals surface area contributed by atoms with E-state index in [-0.39, 0.29) is 76.1 Å². The van der Waals surface area contributed by atoms with Crippen LogP contribution in [0.25, 0.3) is 0 Å². The van der Waals surface area contributed by atoms with E-state index in [4.69, 9.17) is 23.7 Å². The Kier molecular flexibility index (Phi) is 10.7. The molecule has 0 bridgehead atoms. The van der Waals surface area contributed by atoms with Crippen molar-refractivity contribution in [2.45, 2.75) is 141 Å². The summed E-state index contributed by atoms with van der Waals surface area (Å²) in [5, 5.41) is 0. The quantitative estimate of drug-likeness (QED) is 0.237. The summed E-state index contributed by atoms with van der Waals surface area (Å²) in [6.45, 7) is 14.7. The van der Waals surface area contributed by atoms with Crippen molar-refractivity contribution in [2.75, 3.05) is 46.4 Å². The van der Waals surface area contributed by atoms with Gasteiger partial charge >= 0.3 is 17.9 Å². The zero-order chi connectivity index (χ0) is 34.1. The molecule has 0 aromatic heterocycles. The number of halogens is 1. The van der Waals surface area contributed by atoms with Crippen molar-refractivity contribution < 1.29 is 59.5 Å². The van der Waals surface area contributed by atoms with Gasteiger partial charge in [0.05, 0.1) is 46.2 Å². The first-order chi connectivity index (χ1) is 22.8. The standard InChI is InChI=1S/C38H61N2O8.BrH/c1-24(41)46-28-10-15-39(16-11-28)32-23-37(5)27(21-34(32)47-25(2)42)7-8-29-30(37)9-12-36(4)31(29)22-33(35(36)48-26(3)43)40(6)17-13-38(14-18-40)44-19-20-45-38;/h27-35H,7-23H2,1-6H3;1H/q+1;/p-1/t27?,29?,30?,31?,32-,33-,34-,35-,36-,37-;/m0./s1. The van der Waals surface area contributed by atoms with E-state index >= 15 is 0 Å². The molecule has 3 heterocycles. The van der Waals surface area contributed by atoms with Crippen molar-refractivity contribution in [1.82, 2.24) is 4.90 Å². The van der Waals surface area contributed by atoms with Crippen molar-refractivity contribution >= 4 is 17.9 Å². The average molecular weight is 754 g/mol. The zero-order valence-electron chi connectivity index (χ0n) is 30.8. The molecule has 0 N–H and O–H groups in total. The molecule has 3 saturated heterocycles. The summed E-state index contributed by atoms with van der Waals surface area (Å²) in [5.74, 6) is 1.26. The van der Waals surface area contributed by atoms with Crippen molar-refractivity contribution in [2.24, 2.45) is 34.5 Å². The van der Waals surface area contributed by atoms with E-state index < -0.39 is 5.79 Å². The van der Waals surface area contributed by atoms with Gasteiger partial charge in [0.25, 0.3) is 0 Å². The number of carbonyl (C=O) groups is 3. The van der Waals surface area contributed by atoms with Gasteiger partial charge < -0.3 is 45.1 Å². The number of nitrogens with zero attached hydrogens (tertiary/aromatic N) is 2. The van der Waals surface area contributed by atoms with Gasteiger partial charge in [0.2, 0.25) is 0 Å². The Hall–Kier alpha value is -1.27. The van der Waals surface area contributed by atoms with Crippen LogP contribution in [0.3, 0.4) is 0 Å². The smallest absolute Gasteiger partial charge is 0.303 e. The summed E-state index contributed by atoms with van der Waals surface area (Å²) >= 11 is 0. The molecule has 0 amide bonds. The van der Waals surface area contributed by atoms with E-state index in [2.05, 4.69) is 25.8 Å². The zero-order valence-corrected chi connectivity index (χ0v) is 32.3. The number of rotatable bonds is 5. The second-order valence-corrected chi connectivity index (χ2v) is 17.6. The summed E-state index contributed by atoms with van der Waals surface area (Å²) in [6, 6.07) is 0.452. The predicted octanol–water partition coefficient (Wildman–Crippen LogP) is 1.86. The second kappa shape index (κ2) is 13.9. The lowest BCUT2D eigenvalue weighted by Crippen LogP contribution is -3.00. The number of hydrogen-bond acceptors (Lipinski definition) is 9. The van der Waals surface area contributed by atoms with E-state index in [1.54, 1.807) is 13.8 Å². The lowest BCUT2D eigenvalue weighted by molar-refractivity contribution is -0.943. The number of hydrogen-bond donors (Lipinski definition) is 0. The Labute approximate surface area is 303 Å². The minimum absolute atomic E-state index is 0. The molecule has 1 spiro atoms. The maximum absolute atomic E-state index is 12.7. The highest BCUT2D eigenvalue weighted by molar-refractivity contribution is 5.67. The Morgan fingerprint density at radius 2 is 1.39 bits per heavy atom. The molecule has 278 valence electrons. The molecular weight excluding hydrogens is 692 g/mol. The van der Waals surface area contributed by atoms with Crippen LogP contribution < -0.4 is 17.0 Å². The van der Waals surface area contributed by atoms with Gasteiger partial charge in [-0.15, -0.1) is 0 Å². The number of quaternary nitrogens is 1. The van der Waals surface area contributed by atoms with E-state index in [0.717, 1.165) is 94.9 Å². The molecule has 10 nitrogen and oxygen atoms in total. The summed E-state index contributed by atoms with van der Waals surface area (Å²) in [6.07, 6.45) is 10.9. The molecular formula is C38H61BrN2O8. The fourth-order valence-corrected chi connectivity index (χ4v) is 12.7. The van der Waals surface area contributed by atoms with Gasteiger partial charge in [-0.05, 0) is 80.5 Å². The number of likely N-dealkylation sites (N-methyl/N-ethyl adjacent to an activating group) is 1. The van der Waals surface area contributed by atoms with Crippen LogP contribution in [0.5, 0.6) is 0 Å². The average Bonchev–Trinajstić information content (AvgIpc) is 3.61. The van der Waals surface area contributed by atoms with Gasteiger partial charge in [-0.3, -0.25) is 19.3 Å². The van der Waals surface area contributed by atoms with Gasteiger partial charge in [-0.1, -0.05) is 13.8 Å². The monoisotopic (exact) mass is 752 g/mol. The van der Waals surface area contributed by atoms with Crippen LogP contribution in [0, 0.1) is 34.5 Å². The first kappa shape index (κ1) is 37.5. The number of piperidine rings is 2. The van der Waals surface area contributed by atoms with E-state index in [1.807, 2.05) is 0 Å². The van der Waals surface area contributed by atoms with Gasteiger partial charge in [0.1, 0.15) is 18.2 Å². The van der Waals surface area contributed by atoms with Gasteiger partial charge in [-0.25, -0.2) is 0 Å². The van der Waals surface area contributed by atoms with Crippen LogP contribution in [0.15, 0.2) is 0 Å². The summed E-state index contributed by atoms with van der Waals surface area (Å²) in [7, 11) is 2.39. The molecule has 49 heavy (non-hydrogen) atoms. The van der Waals surface area contributed by atoms with Crippen LogP contribution in [-0.2, 0) is 38.1 Å². The minimum atomic E-state index is -0.417. The molecule has 4 unspecified atom stereocenters. The fourth-order valence-electron chi connectivity index (χ4n) is 12.7. The molecule has 7 aliphatic rings. The Bertz CT molecular complexity index is 1240. The highest BCUT2D eigenvalue weighted by Gasteiger charge is 2.68. The molecule has 0 aromatic carbocycles. The van der Waals surface area contributed by atoms with Crippen molar-refractivity contribution in [3.63, 3.8) is 0 Å². The lowest BCUT2D eigenvalue weighted by atomic mass is 9.44. The Balaban J connectivity index is 0.00000417. The minimum Gasteiger partial charge on any atom is -1.00 e. The third-order valence-electron chi connectivity index (χ3n) is 15.1. The molecule has 3 aliphatic heterocycles. The van der Waals surface area contributed by atoms with Crippen LogP contribution >= 0.6 is 0 Å². The Morgan fingerprint density at radius 1 is 0.755 bits per heavy atom. The molecule has 0 radical (unpaired) electrons. The largest absolute Gasteiger partial charge is 1.00 e. The van der Waals surface area contributed by atoms with Gasteiger partial charge in [-0.2, -0.15) is 0 Å². The van der Waals surface area contributed by atoms with Crippen molar-refractivity contribution in [1.29, 1.82) is 0 Å². The van der Waals surface area contributed by atoms with E-state index in [1.165, 1.54) is 13.3 Å². The number of esters is 3. The lowest BCUT2D eigenvalue weighted by Gasteiger charge is -2.62. The molecule has 7 rings (SSSR count). The summed E-state index contributed by atoms with van der Waals surface area (Å²) in [5.41, 5.74) is 0.116. The van der Waals surface area contributed by atoms with Crippen LogP contribution in [0.4, 0.5) is 0 Å². The van der Waals surface area contributed by atoms with Gasteiger partial charge in [0.15, 0.2) is 11.9 Å². The first-order valence-electron chi connectivity index (χ1n) is 19.1. The third-order valence-corrected chi connectivity index (χ3v) is 15.1. The van der Waals surface area contributed by atoms with Crippen LogP contribution in [-0.4, -0.2) is 110 Å². The molecule has 4 saturated carbocycles. The number of fused-ring (bicyclic) bond motifs is 5. The molecule has 10 atom stereocenters. The van der Waals surface area contributed by atoms with E-state index in [0.29, 0.717) is 36.9 Å². The molecule has 0 aromatic rings. The number of carbonyl (C=O) groups excluding carboxylic acids is 3. The maximum Gasteiger partial charge on any atom is 0.303 e. The van der Waals surface area contributed by atoms with Gasteiger partial charge in [0, 0.05) is 51.7 Å².